The Hall–Kier alpha value is -2.14. The molecule has 1 N–H and O–H groups in total. The smallest absolute Gasteiger partial charge is 0.341 e. The van der Waals surface area contributed by atoms with E-state index in [-0.39, 0.29) is 11.9 Å². The first-order chi connectivity index (χ1) is 12.6. The van der Waals surface area contributed by atoms with E-state index in [2.05, 4.69) is 5.32 Å². The van der Waals surface area contributed by atoms with Gasteiger partial charge in [-0.2, -0.15) is 0 Å². The lowest BCUT2D eigenvalue weighted by Gasteiger charge is -2.09. The molecule has 0 atom stereocenters. The number of carbonyl (C=O) groups is 2. The van der Waals surface area contributed by atoms with E-state index in [0.29, 0.717) is 22.7 Å². The summed E-state index contributed by atoms with van der Waals surface area (Å²) in [6.45, 7) is 4.36. The Balaban J connectivity index is 1.91. The normalized spacial score (nSPS) is 13.6. The maximum atomic E-state index is 12.7. The van der Waals surface area contributed by atoms with Gasteiger partial charge in [-0.1, -0.05) is 31.0 Å². The fourth-order valence-corrected chi connectivity index (χ4v) is 4.47. The van der Waals surface area contributed by atoms with Crippen LogP contribution in [0.15, 0.2) is 24.3 Å². The molecule has 0 saturated heterocycles. The minimum absolute atomic E-state index is 0.189. The fraction of sp³-hybridized carbons (Fsp3) is 0.429. The molecule has 1 aliphatic rings. The van der Waals surface area contributed by atoms with Crippen molar-refractivity contribution in [3.05, 3.63) is 51.4 Å². The second kappa shape index (κ2) is 8.49. The first-order valence-electron chi connectivity index (χ1n) is 9.29. The Morgan fingerprint density at radius 2 is 1.85 bits per heavy atom. The Morgan fingerprint density at radius 3 is 2.58 bits per heavy atom. The molecular formula is C21H25NO3S. The van der Waals surface area contributed by atoms with Gasteiger partial charge < -0.3 is 10.1 Å². The van der Waals surface area contributed by atoms with E-state index < -0.39 is 0 Å². The standard InChI is InChI=1S/C21H25NO3S/c1-3-13-25-21(24)18-16-7-5-4-6-8-17(16)26-20(18)22-19(23)15-11-9-14(2)10-12-15/h9-12H,3-8,13H2,1-2H3,(H,22,23). The SMILES string of the molecule is CCCOC(=O)c1c(NC(=O)c2ccc(C)cc2)sc2c1CCCCC2. The van der Waals surface area contributed by atoms with Crippen molar-refractivity contribution in [1.82, 2.24) is 0 Å². The van der Waals surface area contributed by atoms with E-state index in [1.54, 1.807) is 12.1 Å². The number of hydrogen-bond acceptors (Lipinski definition) is 4. The minimum Gasteiger partial charge on any atom is -0.462 e. The molecular weight excluding hydrogens is 346 g/mol. The highest BCUT2D eigenvalue weighted by molar-refractivity contribution is 7.17. The van der Waals surface area contributed by atoms with E-state index in [1.165, 1.54) is 22.6 Å². The van der Waals surface area contributed by atoms with Crippen LogP contribution in [0.4, 0.5) is 5.00 Å². The van der Waals surface area contributed by atoms with Crippen molar-refractivity contribution in [2.75, 3.05) is 11.9 Å². The Kier molecular flexibility index (Phi) is 6.09. The summed E-state index contributed by atoms with van der Waals surface area (Å²) in [5.41, 5.74) is 3.34. The minimum atomic E-state index is -0.314. The summed E-state index contributed by atoms with van der Waals surface area (Å²) in [5, 5.41) is 3.59. The lowest BCUT2D eigenvalue weighted by Crippen LogP contribution is -2.15. The lowest BCUT2D eigenvalue weighted by atomic mass is 10.1. The van der Waals surface area contributed by atoms with Crippen molar-refractivity contribution in [3.8, 4) is 0 Å². The second-order valence-corrected chi connectivity index (χ2v) is 7.83. The number of fused-ring (bicyclic) bond motifs is 1. The second-order valence-electron chi connectivity index (χ2n) is 6.72. The largest absolute Gasteiger partial charge is 0.462 e. The van der Waals surface area contributed by atoms with Crippen LogP contribution in [0.5, 0.6) is 0 Å². The highest BCUT2D eigenvalue weighted by atomic mass is 32.1. The molecule has 1 heterocycles. The molecule has 0 radical (unpaired) electrons. The molecule has 0 spiro atoms. The molecule has 138 valence electrons. The van der Waals surface area contributed by atoms with Crippen LogP contribution >= 0.6 is 11.3 Å². The summed E-state index contributed by atoms with van der Waals surface area (Å²) < 4.78 is 5.40. The third-order valence-electron chi connectivity index (χ3n) is 4.60. The van der Waals surface area contributed by atoms with Crippen molar-refractivity contribution in [2.24, 2.45) is 0 Å². The van der Waals surface area contributed by atoms with Gasteiger partial charge in [-0.3, -0.25) is 4.79 Å². The van der Waals surface area contributed by atoms with E-state index in [0.717, 1.165) is 43.2 Å². The summed E-state index contributed by atoms with van der Waals surface area (Å²) in [5.74, 6) is -0.503. The highest BCUT2D eigenvalue weighted by Gasteiger charge is 2.26. The van der Waals surface area contributed by atoms with Crippen molar-refractivity contribution in [3.63, 3.8) is 0 Å². The average molecular weight is 372 g/mol. The highest BCUT2D eigenvalue weighted by Crippen LogP contribution is 2.38. The lowest BCUT2D eigenvalue weighted by molar-refractivity contribution is 0.0505. The molecule has 1 aromatic carbocycles. The zero-order valence-corrected chi connectivity index (χ0v) is 16.2. The van der Waals surface area contributed by atoms with Crippen LogP contribution in [0.3, 0.4) is 0 Å². The number of nitrogens with one attached hydrogen (secondary N) is 1. The van der Waals surface area contributed by atoms with Gasteiger partial charge in [0.05, 0.1) is 12.2 Å². The quantitative estimate of drug-likeness (QED) is 0.584. The monoisotopic (exact) mass is 371 g/mol. The summed E-state index contributed by atoms with van der Waals surface area (Å²) in [4.78, 5) is 26.5. The number of benzene rings is 1. The molecule has 1 aliphatic carbocycles. The Morgan fingerprint density at radius 1 is 1.12 bits per heavy atom. The summed E-state index contributed by atoms with van der Waals surface area (Å²) >= 11 is 1.53. The van der Waals surface area contributed by atoms with Crippen LogP contribution in [0.25, 0.3) is 0 Å². The zero-order chi connectivity index (χ0) is 18.5. The molecule has 0 saturated carbocycles. The maximum Gasteiger partial charge on any atom is 0.341 e. The van der Waals surface area contributed by atoms with Crippen LogP contribution < -0.4 is 5.32 Å². The summed E-state index contributed by atoms with van der Waals surface area (Å²) in [6, 6.07) is 7.43. The van der Waals surface area contributed by atoms with Crippen molar-refractivity contribution in [2.45, 2.75) is 52.4 Å². The van der Waals surface area contributed by atoms with Gasteiger partial charge >= 0.3 is 5.97 Å². The van der Waals surface area contributed by atoms with Gasteiger partial charge in [0, 0.05) is 10.4 Å². The number of rotatable bonds is 5. The van der Waals surface area contributed by atoms with Crippen molar-refractivity contribution < 1.29 is 14.3 Å². The van der Waals surface area contributed by atoms with E-state index in [9.17, 15) is 9.59 Å². The number of amides is 1. The van der Waals surface area contributed by atoms with Gasteiger partial charge in [0.1, 0.15) is 5.00 Å². The van der Waals surface area contributed by atoms with E-state index in [1.807, 2.05) is 26.0 Å². The predicted molar refractivity (Wildman–Crippen MR) is 105 cm³/mol. The number of hydrogen-bond donors (Lipinski definition) is 1. The molecule has 3 rings (SSSR count). The Bertz CT molecular complexity index is 792. The summed E-state index contributed by atoms with van der Waals surface area (Å²) in [7, 11) is 0. The van der Waals surface area contributed by atoms with Gasteiger partial charge in [-0.15, -0.1) is 11.3 Å². The third-order valence-corrected chi connectivity index (χ3v) is 5.81. The molecule has 0 unspecified atom stereocenters. The molecule has 0 aliphatic heterocycles. The molecule has 0 fully saturated rings. The molecule has 1 aromatic heterocycles. The maximum absolute atomic E-state index is 12.7. The number of anilines is 1. The van der Waals surface area contributed by atoms with Crippen molar-refractivity contribution in [1.29, 1.82) is 0 Å². The van der Waals surface area contributed by atoms with Crippen LogP contribution in [-0.4, -0.2) is 18.5 Å². The first kappa shape index (κ1) is 18.6. The molecule has 5 heteroatoms. The van der Waals surface area contributed by atoms with Gasteiger partial charge in [0.2, 0.25) is 0 Å². The van der Waals surface area contributed by atoms with Crippen molar-refractivity contribution >= 4 is 28.2 Å². The van der Waals surface area contributed by atoms with Gasteiger partial charge in [-0.25, -0.2) is 4.79 Å². The van der Waals surface area contributed by atoms with E-state index in [4.69, 9.17) is 4.74 Å². The topological polar surface area (TPSA) is 55.4 Å². The van der Waals surface area contributed by atoms with Crippen LogP contribution in [0.1, 0.15) is 69.3 Å². The van der Waals surface area contributed by atoms with Crippen LogP contribution in [-0.2, 0) is 17.6 Å². The Labute approximate surface area is 158 Å². The number of carbonyl (C=O) groups excluding carboxylic acids is 2. The van der Waals surface area contributed by atoms with Crippen LogP contribution in [0, 0.1) is 6.92 Å². The van der Waals surface area contributed by atoms with Gasteiger partial charge in [-0.05, 0) is 56.7 Å². The fourth-order valence-electron chi connectivity index (χ4n) is 3.19. The molecule has 1 amide bonds. The molecule has 0 bridgehead atoms. The number of thiophene rings is 1. The van der Waals surface area contributed by atoms with Crippen LogP contribution in [0.2, 0.25) is 0 Å². The van der Waals surface area contributed by atoms with Gasteiger partial charge in [0.15, 0.2) is 0 Å². The van der Waals surface area contributed by atoms with Gasteiger partial charge in [0.25, 0.3) is 5.91 Å². The average Bonchev–Trinajstić information content (AvgIpc) is 2.81. The molecule has 4 nitrogen and oxygen atoms in total. The molecule has 2 aromatic rings. The number of esters is 1. The predicted octanol–water partition coefficient (Wildman–Crippen LogP) is 5.14. The van der Waals surface area contributed by atoms with E-state index >= 15 is 0 Å². The zero-order valence-electron chi connectivity index (χ0n) is 15.4. The first-order valence-corrected chi connectivity index (χ1v) is 10.1. The number of ether oxygens (including phenoxy) is 1. The third kappa shape index (κ3) is 4.15. The summed E-state index contributed by atoms with van der Waals surface area (Å²) in [6.07, 6.45) is 6.00. The molecule has 26 heavy (non-hydrogen) atoms. The number of aryl methyl sites for hydroxylation is 2.